The maximum absolute atomic E-state index is 12.7. The van der Waals surface area contributed by atoms with E-state index in [4.69, 9.17) is 9.15 Å². The predicted molar refractivity (Wildman–Crippen MR) is 82.0 cm³/mol. The molecule has 1 amide bonds. The van der Waals surface area contributed by atoms with E-state index in [0.717, 1.165) is 24.2 Å². The molecule has 1 aliphatic heterocycles. The zero-order valence-corrected chi connectivity index (χ0v) is 13.4. The number of ether oxygens (including phenoxy) is 1. The van der Waals surface area contributed by atoms with E-state index < -0.39 is 0 Å². The molecule has 122 valence electrons. The molecule has 3 rings (SSSR count). The second kappa shape index (κ2) is 6.87. The van der Waals surface area contributed by atoms with Crippen LogP contribution in [0.3, 0.4) is 0 Å². The molecule has 1 fully saturated rings. The summed E-state index contributed by atoms with van der Waals surface area (Å²) in [5, 5.41) is 0. The van der Waals surface area contributed by atoms with Crippen molar-refractivity contribution in [2.75, 3.05) is 19.8 Å². The quantitative estimate of drug-likeness (QED) is 0.851. The van der Waals surface area contributed by atoms with E-state index in [9.17, 15) is 4.79 Å². The van der Waals surface area contributed by atoms with E-state index in [1.54, 1.807) is 19.3 Å². The van der Waals surface area contributed by atoms with E-state index in [0.29, 0.717) is 31.2 Å². The lowest BCUT2D eigenvalue weighted by molar-refractivity contribution is -0.00571. The van der Waals surface area contributed by atoms with Gasteiger partial charge in [0.1, 0.15) is 0 Å². The fourth-order valence-electron chi connectivity index (χ4n) is 2.78. The summed E-state index contributed by atoms with van der Waals surface area (Å²) in [6.07, 6.45) is 6.22. The van der Waals surface area contributed by atoms with Gasteiger partial charge in [-0.2, -0.15) is 0 Å². The van der Waals surface area contributed by atoms with Gasteiger partial charge in [0.05, 0.1) is 36.3 Å². The first-order valence-corrected chi connectivity index (χ1v) is 7.72. The van der Waals surface area contributed by atoms with Gasteiger partial charge in [0.25, 0.3) is 5.91 Å². The number of hydrogen-bond donors (Lipinski definition) is 0. The molecule has 1 saturated heterocycles. The van der Waals surface area contributed by atoms with Crippen molar-refractivity contribution in [2.45, 2.75) is 32.7 Å². The van der Waals surface area contributed by atoms with Crippen LogP contribution in [0.5, 0.6) is 0 Å². The molecule has 0 spiro atoms. The Labute approximate surface area is 134 Å². The highest BCUT2D eigenvalue weighted by Crippen LogP contribution is 2.18. The number of hydrogen-bond acceptors (Lipinski definition) is 6. The Morgan fingerprint density at radius 2 is 2.09 bits per heavy atom. The van der Waals surface area contributed by atoms with Crippen LogP contribution >= 0.6 is 0 Å². The largest absolute Gasteiger partial charge is 0.438 e. The average molecular weight is 316 g/mol. The summed E-state index contributed by atoms with van der Waals surface area (Å²) in [5.41, 5.74) is 2.50. The van der Waals surface area contributed by atoms with E-state index in [1.165, 1.54) is 6.39 Å². The molecule has 7 heteroatoms. The second-order valence-corrected chi connectivity index (χ2v) is 5.62. The Bertz CT molecular complexity index is 685. The first-order valence-electron chi connectivity index (χ1n) is 7.72. The summed E-state index contributed by atoms with van der Waals surface area (Å²) < 4.78 is 10.8. The van der Waals surface area contributed by atoms with Gasteiger partial charge in [-0.3, -0.25) is 14.8 Å². The molecule has 2 aromatic rings. The lowest BCUT2D eigenvalue weighted by Gasteiger charge is -2.35. The van der Waals surface area contributed by atoms with Crippen LogP contribution in [0.15, 0.2) is 23.2 Å². The molecule has 1 aliphatic rings. The minimum Gasteiger partial charge on any atom is -0.438 e. The molecule has 1 atom stereocenters. The Morgan fingerprint density at radius 3 is 2.83 bits per heavy atom. The van der Waals surface area contributed by atoms with Crippen molar-refractivity contribution in [1.82, 2.24) is 19.9 Å². The van der Waals surface area contributed by atoms with Gasteiger partial charge in [0.15, 0.2) is 6.39 Å². The molecule has 0 aliphatic carbocycles. The van der Waals surface area contributed by atoms with Crippen molar-refractivity contribution in [3.8, 4) is 0 Å². The smallest absolute Gasteiger partial charge is 0.291 e. The number of nitrogens with zero attached hydrogens (tertiary/aromatic N) is 4. The molecular formula is C16H20N4O3. The number of carbonyl (C=O) groups excluding carboxylic acids is 1. The highest BCUT2D eigenvalue weighted by atomic mass is 16.5. The van der Waals surface area contributed by atoms with Crippen LogP contribution in [-0.2, 0) is 11.2 Å². The van der Waals surface area contributed by atoms with Crippen molar-refractivity contribution >= 4 is 5.91 Å². The fourth-order valence-corrected chi connectivity index (χ4v) is 2.78. The highest BCUT2D eigenvalue weighted by molar-refractivity contribution is 5.92. The van der Waals surface area contributed by atoms with Crippen LogP contribution in [0, 0.1) is 13.8 Å². The van der Waals surface area contributed by atoms with Gasteiger partial charge in [-0.1, -0.05) is 0 Å². The van der Waals surface area contributed by atoms with E-state index in [-0.39, 0.29) is 11.9 Å². The summed E-state index contributed by atoms with van der Waals surface area (Å²) in [6, 6.07) is 0.00200. The third-order valence-electron chi connectivity index (χ3n) is 4.13. The average Bonchev–Trinajstić information content (AvgIpc) is 3.00. The van der Waals surface area contributed by atoms with Crippen molar-refractivity contribution < 1.29 is 13.9 Å². The van der Waals surface area contributed by atoms with Gasteiger partial charge in [0, 0.05) is 18.9 Å². The molecule has 0 saturated carbocycles. The van der Waals surface area contributed by atoms with Gasteiger partial charge < -0.3 is 14.1 Å². The second-order valence-electron chi connectivity index (χ2n) is 5.62. The lowest BCUT2D eigenvalue weighted by atomic mass is 10.1. The normalized spacial score (nSPS) is 18.2. The molecular weight excluding hydrogens is 296 g/mol. The van der Waals surface area contributed by atoms with Crippen LogP contribution in [-0.4, -0.2) is 51.6 Å². The third-order valence-corrected chi connectivity index (χ3v) is 4.13. The van der Waals surface area contributed by atoms with Gasteiger partial charge in [-0.15, -0.1) is 0 Å². The standard InChI is InChI=1S/C16H20N4O3/c1-11-14(18-6-5-17-11)4-3-13-9-22-8-7-20(13)16(21)15-12(2)19-10-23-15/h5-6,10,13H,3-4,7-9H2,1-2H3/t13-/m0/s1. The first-order chi connectivity index (χ1) is 11.2. The first kappa shape index (κ1) is 15.6. The summed E-state index contributed by atoms with van der Waals surface area (Å²) in [6.45, 7) is 5.34. The zero-order chi connectivity index (χ0) is 16.2. The van der Waals surface area contributed by atoms with Crippen molar-refractivity contribution in [3.05, 3.63) is 41.6 Å². The molecule has 0 radical (unpaired) electrons. The Morgan fingerprint density at radius 1 is 1.26 bits per heavy atom. The van der Waals surface area contributed by atoms with Gasteiger partial charge in [-0.05, 0) is 26.7 Å². The number of amides is 1. The Balaban J connectivity index is 1.70. The predicted octanol–water partition coefficient (Wildman–Crippen LogP) is 1.56. The minimum absolute atomic E-state index is 0.00200. The summed E-state index contributed by atoms with van der Waals surface area (Å²) >= 11 is 0. The molecule has 7 nitrogen and oxygen atoms in total. The summed E-state index contributed by atoms with van der Waals surface area (Å²) in [5.74, 6) is 0.191. The van der Waals surface area contributed by atoms with Crippen molar-refractivity contribution in [2.24, 2.45) is 0 Å². The maximum atomic E-state index is 12.7. The van der Waals surface area contributed by atoms with Crippen LogP contribution in [0.25, 0.3) is 0 Å². The van der Waals surface area contributed by atoms with Gasteiger partial charge >= 0.3 is 0 Å². The zero-order valence-electron chi connectivity index (χ0n) is 13.4. The Hall–Kier alpha value is -2.28. The van der Waals surface area contributed by atoms with E-state index in [1.807, 2.05) is 11.8 Å². The van der Waals surface area contributed by atoms with Gasteiger partial charge in [-0.25, -0.2) is 4.98 Å². The number of oxazole rings is 1. The summed E-state index contributed by atoms with van der Waals surface area (Å²) in [7, 11) is 0. The molecule has 0 unspecified atom stereocenters. The number of morpholine rings is 1. The van der Waals surface area contributed by atoms with E-state index in [2.05, 4.69) is 15.0 Å². The molecule has 0 N–H and O–H groups in total. The minimum atomic E-state index is -0.121. The van der Waals surface area contributed by atoms with Crippen molar-refractivity contribution in [3.63, 3.8) is 0 Å². The molecule has 23 heavy (non-hydrogen) atoms. The SMILES string of the molecule is Cc1nccnc1CC[C@H]1COCCN1C(=O)c1ocnc1C. The maximum Gasteiger partial charge on any atom is 0.291 e. The van der Waals surface area contributed by atoms with Crippen LogP contribution < -0.4 is 0 Å². The number of aryl methyl sites for hydroxylation is 3. The van der Waals surface area contributed by atoms with Crippen LogP contribution in [0.2, 0.25) is 0 Å². The topological polar surface area (TPSA) is 81.4 Å². The monoisotopic (exact) mass is 316 g/mol. The number of aromatic nitrogens is 3. The number of rotatable bonds is 4. The lowest BCUT2D eigenvalue weighted by Crippen LogP contribution is -2.49. The molecule has 2 aromatic heterocycles. The highest BCUT2D eigenvalue weighted by Gasteiger charge is 2.30. The van der Waals surface area contributed by atoms with Gasteiger partial charge in [0.2, 0.25) is 5.76 Å². The van der Waals surface area contributed by atoms with Crippen LogP contribution in [0.4, 0.5) is 0 Å². The molecule has 0 bridgehead atoms. The van der Waals surface area contributed by atoms with Crippen LogP contribution in [0.1, 0.15) is 34.1 Å². The number of carbonyl (C=O) groups is 1. The molecule has 3 heterocycles. The third kappa shape index (κ3) is 3.39. The summed E-state index contributed by atoms with van der Waals surface area (Å²) in [4.78, 5) is 27.1. The Kier molecular flexibility index (Phi) is 4.66. The molecule has 0 aromatic carbocycles. The van der Waals surface area contributed by atoms with E-state index >= 15 is 0 Å². The fraction of sp³-hybridized carbons (Fsp3) is 0.500. The van der Waals surface area contributed by atoms with Crippen molar-refractivity contribution in [1.29, 1.82) is 0 Å².